The third-order valence-corrected chi connectivity index (χ3v) is 3.67. The predicted octanol–water partition coefficient (Wildman–Crippen LogP) is 3.36. The summed E-state index contributed by atoms with van der Waals surface area (Å²) >= 11 is 5.96. The van der Waals surface area contributed by atoms with E-state index in [1.807, 2.05) is 12.1 Å². The molecule has 0 spiro atoms. The Morgan fingerprint density at radius 1 is 1.35 bits per heavy atom. The van der Waals surface area contributed by atoms with Crippen LogP contribution in [0.3, 0.4) is 0 Å². The minimum absolute atomic E-state index is 0.790. The van der Waals surface area contributed by atoms with Gasteiger partial charge in [-0.3, -0.25) is 0 Å². The van der Waals surface area contributed by atoms with E-state index in [9.17, 15) is 0 Å². The number of aromatic amines is 1. The SMILES string of the molecule is Clc1ccc2c(CCNCC3CC3)c[nH]c2c1. The van der Waals surface area contributed by atoms with Crippen LogP contribution in [0.2, 0.25) is 5.02 Å². The van der Waals surface area contributed by atoms with Crippen LogP contribution in [0.4, 0.5) is 0 Å². The van der Waals surface area contributed by atoms with Crippen molar-refractivity contribution in [2.75, 3.05) is 13.1 Å². The Kier molecular flexibility index (Phi) is 3.08. The Balaban J connectivity index is 1.63. The molecule has 0 unspecified atom stereocenters. The zero-order valence-electron chi connectivity index (χ0n) is 9.80. The second-order valence-electron chi connectivity index (χ2n) is 4.90. The van der Waals surface area contributed by atoms with Gasteiger partial charge >= 0.3 is 0 Å². The molecule has 1 aliphatic rings. The van der Waals surface area contributed by atoms with E-state index < -0.39 is 0 Å². The van der Waals surface area contributed by atoms with Gasteiger partial charge in [0.05, 0.1) is 0 Å². The molecule has 0 bridgehead atoms. The van der Waals surface area contributed by atoms with Crippen LogP contribution < -0.4 is 5.32 Å². The highest BCUT2D eigenvalue weighted by Crippen LogP contribution is 2.27. The summed E-state index contributed by atoms with van der Waals surface area (Å²) in [5, 5.41) is 5.61. The van der Waals surface area contributed by atoms with Crippen molar-refractivity contribution < 1.29 is 0 Å². The van der Waals surface area contributed by atoms with Crippen LogP contribution in [0.1, 0.15) is 18.4 Å². The van der Waals surface area contributed by atoms with Gasteiger partial charge in [0.2, 0.25) is 0 Å². The van der Waals surface area contributed by atoms with Gasteiger partial charge < -0.3 is 10.3 Å². The van der Waals surface area contributed by atoms with Gasteiger partial charge in [0.25, 0.3) is 0 Å². The number of hydrogen-bond acceptors (Lipinski definition) is 1. The summed E-state index contributed by atoms with van der Waals surface area (Å²) in [7, 11) is 0. The first-order chi connectivity index (χ1) is 8.33. The number of hydrogen-bond donors (Lipinski definition) is 2. The lowest BCUT2D eigenvalue weighted by Crippen LogP contribution is -2.19. The summed E-state index contributed by atoms with van der Waals surface area (Å²) in [6.45, 7) is 2.25. The monoisotopic (exact) mass is 248 g/mol. The molecular formula is C14H17ClN2. The zero-order chi connectivity index (χ0) is 11.7. The molecule has 1 heterocycles. The first-order valence-corrected chi connectivity index (χ1v) is 6.67. The molecule has 2 nitrogen and oxygen atoms in total. The molecular weight excluding hydrogens is 232 g/mol. The van der Waals surface area contributed by atoms with Gasteiger partial charge in [-0.2, -0.15) is 0 Å². The summed E-state index contributed by atoms with van der Waals surface area (Å²) in [6, 6.07) is 6.04. The molecule has 2 N–H and O–H groups in total. The van der Waals surface area contributed by atoms with Crippen molar-refractivity contribution in [3.63, 3.8) is 0 Å². The third-order valence-electron chi connectivity index (χ3n) is 3.43. The summed E-state index contributed by atoms with van der Waals surface area (Å²) in [4.78, 5) is 3.28. The highest BCUT2D eigenvalue weighted by molar-refractivity contribution is 6.31. The molecule has 0 atom stereocenters. The van der Waals surface area contributed by atoms with Crippen LogP contribution in [-0.2, 0) is 6.42 Å². The predicted molar refractivity (Wildman–Crippen MR) is 72.6 cm³/mol. The molecule has 0 saturated heterocycles. The van der Waals surface area contributed by atoms with E-state index in [-0.39, 0.29) is 0 Å². The van der Waals surface area contributed by atoms with Crippen molar-refractivity contribution in [3.8, 4) is 0 Å². The lowest BCUT2D eigenvalue weighted by atomic mass is 10.1. The maximum Gasteiger partial charge on any atom is 0.0471 e. The van der Waals surface area contributed by atoms with Gasteiger partial charge in [-0.15, -0.1) is 0 Å². The molecule has 1 aromatic carbocycles. The molecule has 1 saturated carbocycles. The maximum atomic E-state index is 5.96. The van der Waals surface area contributed by atoms with Crippen molar-refractivity contribution in [2.45, 2.75) is 19.3 Å². The average molecular weight is 249 g/mol. The van der Waals surface area contributed by atoms with Gasteiger partial charge in [0.1, 0.15) is 0 Å². The van der Waals surface area contributed by atoms with Crippen LogP contribution in [0.5, 0.6) is 0 Å². The summed E-state index contributed by atoms with van der Waals surface area (Å²) < 4.78 is 0. The van der Waals surface area contributed by atoms with Crippen LogP contribution in [-0.4, -0.2) is 18.1 Å². The minimum atomic E-state index is 0.790. The van der Waals surface area contributed by atoms with E-state index in [0.717, 1.165) is 29.4 Å². The molecule has 2 aromatic rings. The number of nitrogens with one attached hydrogen (secondary N) is 2. The van der Waals surface area contributed by atoms with E-state index in [1.54, 1.807) is 0 Å². The standard InChI is InChI=1S/C14H17ClN2/c15-12-3-4-13-11(9-17-14(13)7-12)5-6-16-8-10-1-2-10/h3-4,7,9-10,16-17H,1-2,5-6,8H2. The quantitative estimate of drug-likeness (QED) is 0.781. The van der Waals surface area contributed by atoms with Crippen molar-refractivity contribution in [2.24, 2.45) is 5.92 Å². The van der Waals surface area contributed by atoms with E-state index in [4.69, 9.17) is 11.6 Å². The third kappa shape index (κ3) is 2.64. The molecule has 1 fully saturated rings. The minimum Gasteiger partial charge on any atom is -0.361 e. The number of fused-ring (bicyclic) bond motifs is 1. The topological polar surface area (TPSA) is 27.8 Å². The molecule has 0 amide bonds. The summed E-state index contributed by atoms with van der Waals surface area (Å²) in [5.41, 5.74) is 2.51. The highest BCUT2D eigenvalue weighted by Gasteiger charge is 2.19. The summed E-state index contributed by atoms with van der Waals surface area (Å²) in [6.07, 6.45) is 6.01. The van der Waals surface area contributed by atoms with Crippen LogP contribution in [0.15, 0.2) is 24.4 Å². The summed E-state index contributed by atoms with van der Waals surface area (Å²) in [5.74, 6) is 0.955. The lowest BCUT2D eigenvalue weighted by molar-refractivity contribution is 0.638. The Morgan fingerprint density at radius 3 is 3.06 bits per heavy atom. The van der Waals surface area contributed by atoms with E-state index >= 15 is 0 Å². The van der Waals surface area contributed by atoms with Gasteiger partial charge in [-0.1, -0.05) is 17.7 Å². The largest absolute Gasteiger partial charge is 0.361 e. The molecule has 90 valence electrons. The first kappa shape index (κ1) is 11.1. The van der Waals surface area contributed by atoms with E-state index in [0.29, 0.717) is 0 Å². The molecule has 17 heavy (non-hydrogen) atoms. The zero-order valence-corrected chi connectivity index (χ0v) is 10.6. The fourth-order valence-corrected chi connectivity index (χ4v) is 2.39. The Hall–Kier alpha value is -0.990. The second kappa shape index (κ2) is 4.71. The average Bonchev–Trinajstić information content (AvgIpc) is 3.06. The van der Waals surface area contributed by atoms with E-state index in [1.165, 1.54) is 30.3 Å². The van der Waals surface area contributed by atoms with Crippen LogP contribution >= 0.6 is 11.6 Å². The molecule has 3 heteroatoms. The van der Waals surface area contributed by atoms with Crippen molar-refractivity contribution in [1.29, 1.82) is 0 Å². The fourth-order valence-electron chi connectivity index (χ4n) is 2.22. The maximum absolute atomic E-state index is 5.96. The van der Waals surface area contributed by atoms with Gasteiger partial charge in [-0.05, 0) is 56.0 Å². The molecule has 0 aliphatic heterocycles. The Labute approximate surface area is 106 Å². The molecule has 3 rings (SSSR count). The Morgan fingerprint density at radius 2 is 2.24 bits per heavy atom. The fraction of sp³-hybridized carbons (Fsp3) is 0.429. The smallest absolute Gasteiger partial charge is 0.0471 e. The number of H-pyrrole nitrogens is 1. The number of benzene rings is 1. The molecule has 0 radical (unpaired) electrons. The van der Waals surface area contributed by atoms with Gasteiger partial charge in [0, 0.05) is 22.1 Å². The Bertz CT molecular complexity index is 514. The first-order valence-electron chi connectivity index (χ1n) is 6.29. The molecule has 1 aliphatic carbocycles. The van der Waals surface area contributed by atoms with Crippen molar-refractivity contribution >= 4 is 22.5 Å². The number of aromatic nitrogens is 1. The number of halogens is 1. The molecule has 1 aromatic heterocycles. The van der Waals surface area contributed by atoms with Crippen LogP contribution in [0.25, 0.3) is 10.9 Å². The van der Waals surface area contributed by atoms with E-state index in [2.05, 4.69) is 22.6 Å². The van der Waals surface area contributed by atoms with Gasteiger partial charge in [0.15, 0.2) is 0 Å². The van der Waals surface area contributed by atoms with Crippen LogP contribution in [0, 0.1) is 5.92 Å². The van der Waals surface area contributed by atoms with Crippen molar-refractivity contribution in [1.82, 2.24) is 10.3 Å². The number of rotatable bonds is 5. The highest BCUT2D eigenvalue weighted by atomic mass is 35.5. The van der Waals surface area contributed by atoms with Crippen molar-refractivity contribution in [3.05, 3.63) is 35.0 Å². The lowest BCUT2D eigenvalue weighted by Gasteiger charge is -2.02. The van der Waals surface area contributed by atoms with Gasteiger partial charge in [-0.25, -0.2) is 0 Å². The normalized spacial score (nSPS) is 15.6. The second-order valence-corrected chi connectivity index (χ2v) is 5.34.